The van der Waals surface area contributed by atoms with Crippen LogP contribution in [-0.4, -0.2) is 5.78 Å². The first kappa shape index (κ1) is 14.9. The van der Waals surface area contributed by atoms with Gasteiger partial charge in [-0.2, -0.15) is 13.2 Å². The number of Topliss-reactive ketones (excluding diaryl/α,β-unsaturated/α-hetero) is 1. The van der Waals surface area contributed by atoms with E-state index in [1.54, 1.807) is 0 Å². The van der Waals surface area contributed by atoms with Crippen molar-refractivity contribution in [1.29, 1.82) is 0 Å². The number of rotatable bonds is 3. The number of nitrogens with one attached hydrogen (secondary N) is 1. The molecule has 2 aromatic rings. The van der Waals surface area contributed by atoms with E-state index in [-0.39, 0.29) is 17.2 Å². The van der Waals surface area contributed by atoms with E-state index in [0.717, 1.165) is 6.07 Å². The van der Waals surface area contributed by atoms with E-state index in [0.29, 0.717) is 11.3 Å². The predicted octanol–water partition coefficient (Wildman–Crippen LogP) is 4.23. The first-order valence-corrected chi connectivity index (χ1v) is 6.13. The number of anilines is 3. The average Bonchev–Trinajstić information content (AvgIpc) is 2.37. The van der Waals surface area contributed by atoms with Gasteiger partial charge in [-0.3, -0.25) is 4.79 Å². The first-order chi connectivity index (χ1) is 9.79. The zero-order valence-corrected chi connectivity index (χ0v) is 11.2. The van der Waals surface area contributed by atoms with Gasteiger partial charge in [0.1, 0.15) is 0 Å². The van der Waals surface area contributed by atoms with Crippen molar-refractivity contribution in [3.8, 4) is 0 Å². The molecular formula is C15H13F3N2O. The minimum Gasteiger partial charge on any atom is -0.398 e. The van der Waals surface area contributed by atoms with Crippen LogP contribution in [0.3, 0.4) is 0 Å². The van der Waals surface area contributed by atoms with Gasteiger partial charge in [-0.1, -0.05) is 12.1 Å². The predicted molar refractivity (Wildman–Crippen MR) is 75.6 cm³/mol. The van der Waals surface area contributed by atoms with Crippen molar-refractivity contribution in [2.75, 3.05) is 11.1 Å². The molecule has 0 radical (unpaired) electrons. The maximum Gasteiger partial charge on any atom is 0.418 e. The molecule has 3 N–H and O–H groups in total. The van der Waals surface area contributed by atoms with Gasteiger partial charge in [0.2, 0.25) is 0 Å². The second-order valence-electron chi connectivity index (χ2n) is 4.53. The summed E-state index contributed by atoms with van der Waals surface area (Å²) in [6.45, 7) is 1.37. The smallest absolute Gasteiger partial charge is 0.398 e. The van der Waals surface area contributed by atoms with E-state index in [4.69, 9.17) is 5.73 Å². The molecule has 0 atom stereocenters. The third-order valence-corrected chi connectivity index (χ3v) is 2.94. The number of hydrogen-bond donors (Lipinski definition) is 2. The topological polar surface area (TPSA) is 55.1 Å². The molecule has 6 heteroatoms. The van der Waals surface area contributed by atoms with E-state index in [1.807, 2.05) is 0 Å². The summed E-state index contributed by atoms with van der Waals surface area (Å²) in [5.41, 5.74) is 5.82. The van der Waals surface area contributed by atoms with Crippen molar-refractivity contribution < 1.29 is 18.0 Å². The summed E-state index contributed by atoms with van der Waals surface area (Å²) in [6, 6.07) is 9.58. The molecule has 0 bridgehead atoms. The lowest BCUT2D eigenvalue weighted by Crippen LogP contribution is -2.09. The van der Waals surface area contributed by atoms with Crippen LogP contribution in [0.2, 0.25) is 0 Å². The maximum absolute atomic E-state index is 12.9. The number of alkyl halides is 3. The van der Waals surface area contributed by atoms with Gasteiger partial charge in [-0.15, -0.1) is 0 Å². The second-order valence-corrected chi connectivity index (χ2v) is 4.53. The van der Waals surface area contributed by atoms with Crippen LogP contribution in [0.5, 0.6) is 0 Å². The van der Waals surface area contributed by atoms with E-state index in [1.165, 1.54) is 43.3 Å². The number of nitrogen functional groups attached to an aromatic ring is 1. The zero-order valence-electron chi connectivity index (χ0n) is 11.2. The summed E-state index contributed by atoms with van der Waals surface area (Å²) in [5, 5.41) is 2.67. The second kappa shape index (κ2) is 5.47. The van der Waals surface area contributed by atoms with E-state index in [9.17, 15) is 18.0 Å². The molecule has 0 amide bonds. The van der Waals surface area contributed by atoms with Gasteiger partial charge in [0, 0.05) is 16.9 Å². The summed E-state index contributed by atoms with van der Waals surface area (Å²) < 4.78 is 38.7. The Hall–Kier alpha value is -2.50. The minimum atomic E-state index is -4.45. The average molecular weight is 294 g/mol. The quantitative estimate of drug-likeness (QED) is 0.658. The van der Waals surface area contributed by atoms with Gasteiger partial charge in [0.15, 0.2) is 5.78 Å². The molecule has 0 aliphatic rings. The van der Waals surface area contributed by atoms with Gasteiger partial charge < -0.3 is 11.1 Å². The molecule has 2 rings (SSSR count). The van der Waals surface area contributed by atoms with Gasteiger partial charge in [0.05, 0.1) is 11.3 Å². The molecule has 0 aliphatic heterocycles. The Kier molecular flexibility index (Phi) is 3.88. The molecule has 21 heavy (non-hydrogen) atoms. The number of carbonyl (C=O) groups excluding carboxylic acids is 1. The Balaban J connectivity index is 2.35. The Morgan fingerprint density at radius 2 is 1.81 bits per heavy atom. The number of halogens is 3. The molecule has 0 heterocycles. The summed E-state index contributed by atoms with van der Waals surface area (Å²) in [5.74, 6) is -0.199. The van der Waals surface area contributed by atoms with Crippen molar-refractivity contribution in [1.82, 2.24) is 0 Å². The highest BCUT2D eigenvalue weighted by molar-refractivity contribution is 5.99. The van der Waals surface area contributed by atoms with E-state index >= 15 is 0 Å². The summed E-state index contributed by atoms with van der Waals surface area (Å²) in [7, 11) is 0. The normalized spacial score (nSPS) is 11.2. The third kappa shape index (κ3) is 3.34. The number of carbonyl (C=O) groups is 1. The van der Waals surface area contributed by atoms with E-state index < -0.39 is 11.7 Å². The van der Waals surface area contributed by atoms with Crippen molar-refractivity contribution >= 4 is 22.8 Å². The molecule has 0 saturated carbocycles. The fraction of sp³-hybridized carbons (Fsp3) is 0.133. The fourth-order valence-corrected chi connectivity index (χ4v) is 1.96. The molecule has 110 valence electrons. The molecule has 0 aliphatic carbocycles. The molecule has 0 aromatic heterocycles. The molecule has 0 spiro atoms. The number of hydrogen-bond acceptors (Lipinski definition) is 3. The Morgan fingerprint density at radius 1 is 1.14 bits per heavy atom. The van der Waals surface area contributed by atoms with E-state index in [2.05, 4.69) is 5.32 Å². The first-order valence-electron chi connectivity index (χ1n) is 6.13. The highest BCUT2D eigenvalue weighted by atomic mass is 19.4. The highest BCUT2D eigenvalue weighted by Gasteiger charge is 2.33. The van der Waals surface area contributed by atoms with Crippen LogP contribution < -0.4 is 11.1 Å². The Morgan fingerprint density at radius 3 is 2.38 bits per heavy atom. The lowest BCUT2D eigenvalue weighted by molar-refractivity contribution is -0.136. The fourth-order valence-electron chi connectivity index (χ4n) is 1.96. The molecule has 0 unspecified atom stereocenters. The van der Waals surface area contributed by atoms with Crippen molar-refractivity contribution in [3.05, 3.63) is 53.6 Å². The SMILES string of the molecule is CC(=O)c1ccc(Nc2ccccc2C(F)(F)F)cc1N. The van der Waals surface area contributed by atoms with Crippen LogP contribution in [0, 0.1) is 0 Å². The Bertz CT molecular complexity index is 681. The minimum absolute atomic E-state index is 0.0695. The van der Waals surface area contributed by atoms with Crippen molar-refractivity contribution in [3.63, 3.8) is 0 Å². The molecule has 0 saturated heterocycles. The van der Waals surface area contributed by atoms with Crippen LogP contribution in [0.15, 0.2) is 42.5 Å². The van der Waals surface area contributed by atoms with Crippen LogP contribution in [-0.2, 0) is 6.18 Å². The van der Waals surface area contributed by atoms with Gasteiger partial charge in [-0.25, -0.2) is 0 Å². The molecule has 2 aromatic carbocycles. The Labute approximate surface area is 119 Å². The van der Waals surface area contributed by atoms with Crippen molar-refractivity contribution in [2.24, 2.45) is 0 Å². The number of benzene rings is 2. The lowest BCUT2D eigenvalue weighted by Gasteiger charge is -2.15. The molecule has 0 fully saturated rings. The highest BCUT2D eigenvalue weighted by Crippen LogP contribution is 2.36. The zero-order chi connectivity index (χ0) is 15.6. The van der Waals surface area contributed by atoms with Crippen molar-refractivity contribution in [2.45, 2.75) is 13.1 Å². The van der Waals surface area contributed by atoms with Crippen LogP contribution >= 0.6 is 0 Å². The molecular weight excluding hydrogens is 281 g/mol. The third-order valence-electron chi connectivity index (χ3n) is 2.94. The monoisotopic (exact) mass is 294 g/mol. The van der Waals surface area contributed by atoms with Crippen LogP contribution in [0.25, 0.3) is 0 Å². The largest absolute Gasteiger partial charge is 0.418 e. The number of ketones is 1. The van der Waals surface area contributed by atoms with Gasteiger partial charge in [-0.05, 0) is 37.3 Å². The van der Waals surface area contributed by atoms with Crippen LogP contribution in [0.1, 0.15) is 22.8 Å². The van der Waals surface area contributed by atoms with Crippen LogP contribution in [0.4, 0.5) is 30.2 Å². The lowest BCUT2D eigenvalue weighted by atomic mass is 10.1. The van der Waals surface area contributed by atoms with Gasteiger partial charge in [0.25, 0.3) is 0 Å². The molecule has 3 nitrogen and oxygen atoms in total. The summed E-state index contributed by atoms with van der Waals surface area (Å²) in [6.07, 6.45) is -4.45. The summed E-state index contributed by atoms with van der Waals surface area (Å²) >= 11 is 0. The standard InChI is InChI=1S/C15H13F3N2O/c1-9(21)11-7-6-10(8-13(11)19)20-14-5-3-2-4-12(14)15(16,17)18/h2-8,20H,19H2,1H3. The number of para-hydroxylation sites is 1. The summed E-state index contributed by atoms with van der Waals surface area (Å²) in [4.78, 5) is 11.3. The maximum atomic E-state index is 12.9. The van der Waals surface area contributed by atoms with Gasteiger partial charge >= 0.3 is 6.18 Å². The number of nitrogens with two attached hydrogens (primary N) is 1.